The zero-order valence-electron chi connectivity index (χ0n) is 9.77. The Bertz CT molecular complexity index is 458. The van der Waals surface area contributed by atoms with Gasteiger partial charge in [0.2, 0.25) is 0 Å². The minimum Gasteiger partial charge on any atom is -0.478 e. The number of benzene rings is 1. The van der Waals surface area contributed by atoms with Gasteiger partial charge in [0.05, 0.1) is 5.56 Å². The van der Waals surface area contributed by atoms with Gasteiger partial charge in [0.25, 0.3) is 0 Å². The number of nitrogens with zero attached hydrogens (tertiary/aromatic N) is 1. The topological polar surface area (TPSA) is 57.6 Å². The highest BCUT2D eigenvalue weighted by atomic mass is 16.4. The lowest BCUT2D eigenvalue weighted by atomic mass is 10.1. The Kier molecular flexibility index (Phi) is 3.13. The lowest BCUT2D eigenvalue weighted by molar-refractivity contribution is -0.119. The first-order valence-electron chi connectivity index (χ1n) is 5.68. The van der Waals surface area contributed by atoms with Gasteiger partial charge in [0.1, 0.15) is 5.78 Å². The first-order chi connectivity index (χ1) is 8.08. The van der Waals surface area contributed by atoms with Gasteiger partial charge in [0.15, 0.2) is 0 Å². The molecule has 0 spiro atoms. The van der Waals surface area contributed by atoms with Crippen molar-refractivity contribution in [3.63, 3.8) is 0 Å². The summed E-state index contributed by atoms with van der Waals surface area (Å²) in [5, 5.41) is 8.94. The molecule has 0 radical (unpaired) electrons. The van der Waals surface area contributed by atoms with Crippen LogP contribution < -0.4 is 4.90 Å². The van der Waals surface area contributed by atoms with Crippen molar-refractivity contribution in [1.82, 2.24) is 0 Å². The Hall–Kier alpha value is -1.84. The fourth-order valence-electron chi connectivity index (χ4n) is 2.10. The third kappa shape index (κ3) is 2.46. The Morgan fingerprint density at radius 2 is 1.94 bits per heavy atom. The number of anilines is 1. The van der Waals surface area contributed by atoms with Crippen molar-refractivity contribution in [1.29, 1.82) is 0 Å². The molecule has 0 aromatic heterocycles. The van der Waals surface area contributed by atoms with E-state index in [-0.39, 0.29) is 0 Å². The monoisotopic (exact) mass is 233 g/mol. The number of piperidine rings is 1. The summed E-state index contributed by atoms with van der Waals surface area (Å²) in [7, 11) is 0. The van der Waals surface area contributed by atoms with Crippen molar-refractivity contribution in [2.75, 3.05) is 18.0 Å². The molecule has 1 saturated heterocycles. The van der Waals surface area contributed by atoms with Gasteiger partial charge in [-0.2, -0.15) is 0 Å². The van der Waals surface area contributed by atoms with E-state index in [1.165, 1.54) is 0 Å². The average molecular weight is 233 g/mol. The molecular weight excluding hydrogens is 218 g/mol. The summed E-state index contributed by atoms with van der Waals surface area (Å²) in [6, 6.07) is 5.31. The van der Waals surface area contributed by atoms with Gasteiger partial charge in [-0.05, 0) is 30.7 Å². The molecule has 1 N–H and O–H groups in total. The molecule has 0 atom stereocenters. The van der Waals surface area contributed by atoms with Gasteiger partial charge in [-0.3, -0.25) is 4.79 Å². The molecule has 0 unspecified atom stereocenters. The number of carboxylic acid groups (broad SMARTS) is 1. The summed E-state index contributed by atoms with van der Waals surface area (Å²) in [4.78, 5) is 24.2. The zero-order valence-corrected chi connectivity index (χ0v) is 9.77. The molecule has 1 aromatic rings. The van der Waals surface area contributed by atoms with Crippen molar-refractivity contribution in [2.24, 2.45) is 0 Å². The SMILES string of the molecule is Cc1cc(N2CCC(=O)CC2)ccc1C(=O)O. The minimum atomic E-state index is -0.900. The molecule has 1 heterocycles. The van der Waals surface area contributed by atoms with Gasteiger partial charge >= 0.3 is 5.97 Å². The summed E-state index contributed by atoms with van der Waals surface area (Å²) in [6.45, 7) is 3.25. The molecule has 0 bridgehead atoms. The van der Waals surface area contributed by atoms with E-state index in [1.54, 1.807) is 13.0 Å². The molecule has 17 heavy (non-hydrogen) atoms. The Morgan fingerprint density at radius 3 is 2.47 bits per heavy atom. The predicted octanol–water partition coefficient (Wildman–Crippen LogP) is 1.86. The highest BCUT2D eigenvalue weighted by Crippen LogP contribution is 2.21. The van der Waals surface area contributed by atoms with Crippen LogP contribution in [0.3, 0.4) is 0 Å². The Labute approximate surface area is 99.9 Å². The van der Waals surface area contributed by atoms with Gasteiger partial charge in [-0.1, -0.05) is 0 Å². The van der Waals surface area contributed by atoms with Crippen LogP contribution in [0.4, 0.5) is 5.69 Å². The third-order valence-electron chi connectivity index (χ3n) is 3.13. The van der Waals surface area contributed by atoms with Crippen LogP contribution in [0.1, 0.15) is 28.8 Å². The van der Waals surface area contributed by atoms with E-state index in [1.807, 2.05) is 12.1 Å². The maximum absolute atomic E-state index is 11.1. The lowest BCUT2D eigenvalue weighted by Gasteiger charge is -2.28. The fourth-order valence-corrected chi connectivity index (χ4v) is 2.10. The molecule has 0 aliphatic carbocycles. The van der Waals surface area contributed by atoms with Crippen molar-refractivity contribution in [3.8, 4) is 0 Å². The molecule has 1 fully saturated rings. The number of aryl methyl sites for hydroxylation is 1. The number of hydrogen-bond acceptors (Lipinski definition) is 3. The summed E-state index contributed by atoms with van der Waals surface area (Å²) >= 11 is 0. The van der Waals surface area contributed by atoms with E-state index in [0.29, 0.717) is 24.2 Å². The molecule has 4 nitrogen and oxygen atoms in total. The van der Waals surface area contributed by atoms with E-state index in [0.717, 1.165) is 24.3 Å². The van der Waals surface area contributed by atoms with Crippen LogP contribution in [0.5, 0.6) is 0 Å². The van der Waals surface area contributed by atoms with E-state index in [2.05, 4.69) is 4.90 Å². The third-order valence-corrected chi connectivity index (χ3v) is 3.13. The summed E-state index contributed by atoms with van der Waals surface area (Å²) in [5.74, 6) is -0.594. The van der Waals surface area contributed by atoms with Gasteiger partial charge in [-0.15, -0.1) is 0 Å². The number of Topliss-reactive ketones (excluding diaryl/α,β-unsaturated/α-hetero) is 1. The summed E-state index contributed by atoms with van der Waals surface area (Å²) in [5.41, 5.74) is 2.09. The molecule has 1 aromatic carbocycles. The highest BCUT2D eigenvalue weighted by molar-refractivity contribution is 5.90. The molecule has 0 saturated carbocycles. The normalized spacial score (nSPS) is 16.1. The number of ketones is 1. The standard InChI is InChI=1S/C13H15NO3/c1-9-8-10(2-3-12(9)13(16)17)14-6-4-11(15)5-7-14/h2-3,8H,4-7H2,1H3,(H,16,17). The predicted molar refractivity (Wildman–Crippen MR) is 64.6 cm³/mol. The number of aromatic carboxylic acids is 1. The largest absolute Gasteiger partial charge is 0.478 e. The molecule has 1 aliphatic rings. The number of hydrogen-bond donors (Lipinski definition) is 1. The van der Waals surface area contributed by atoms with E-state index >= 15 is 0 Å². The van der Waals surface area contributed by atoms with Crippen LogP contribution in [0.2, 0.25) is 0 Å². The van der Waals surface area contributed by atoms with E-state index < -0.39 is 5.97 Å². The van der Waals surface area contributed by atoms with Crippen LogP contribution in [0.15, 0.2) is 18.2 Å². The van der Waals surface area contributed by atoms with Crippen molar-refractivity contribution in [3.05, 3.63) is 29.3 Å². The number of carboxylic acids is 1. The maximum Gasteiger partial charge on any atom is 0.335 e. The fraction of sp³-hybridized carbons (Fsp3) is 0.385. The van der Waals surface area contributed by atoms with E-state index in [9.17, 15) is 9.59 Å². The second-order valence-electron chi connectivity index (χ2n) is 4.33. The number of rotatable bonds is 2. The second kappa shape index (κ2) is 4.57. The maximum atomic E-state index is 11.1. The molecule has 1 aliphatic heterocycles. The van der Waals surface area contributed by atoms with Crippen LogP contribution >= 0.6 is 0 Å². The lowest BCUT2D eigenvalue weighted by Crippen LogP contribution is -2.33. The quantitative estimate of drug-likeness (QED) is 0.847. The molecule has 4 heteroatoms. The van der Waals surface area contributed by atoms with Crippen LogP contribution in [-0.4, -0.2) is 29.9 Å². The molecule has 0 amide bonds. The smallest absolute Gasteiger partial charge is 0.335 e. The number of carbonyl (C=O) groups is 2. The van der Waals surface area contributed by atoms with Crippen LogP contribution in [-0.2, 0) is 4.79 Å². The second-order valence-corrected chi connectivity index (χ2v) is 4.33. The van der Waals surface area contributed by atoms with Crippen LogP contribution in [0, 0.1) is 6.92 Å². The molecule has 90 valence electrons. The van der Waals surface area contributed by atoms with Crippen molar-refractivity contribution in [2.45, 2.75) is 19.8 Å². The van der Waals surface area contributed by atoms with Crippen LogP contribution in [0.25, 0.3) is 0 Å². The van der Waals surface area contributed by atoms with Crippen molar-refractivity contribution < 1.29 is 14.7 Å². The van der Waals surface area contributed by atoms with Gasteiger partial charge in [0, 0.05) is 31.6 Å². The average Bonchev–Trinajstić information content (AvgIpc) is 2.29. The Balaban J connectivity index is 2.20. The number of carbonyl (C=O) groups excluding carboxylic acids is 1. The van der Waals surface area contributed by atoms with E-state index in [4.69, 9.17) is 5.11 Å². The molecule has 2 rings (SSSR count). The van der Waals surface area contributed by atoms with Crippen molar-refractivity contribution >= 4 is 17.4 Å². The zero-order chi connectivity index (χ0) is 12.4. The highest BCUT2D eigenvalue weighted by Gasteiger charge is 2.17. The summed E-state index contributed by atoms with van der Waals surface area (Å²) < 4.78 is 0. The minimum absolute atomic E-state index is 0.306. The van der Waals surface area contributed by atoms with Gasteiger partial charge < -0.3 is 10.0 Å². The Morgan fingerprint density at radius 1 is 1.29 bits per heavy atom. The van der Waals surface area contributed by atoms with Gasteiger partial charge in [-0.25, -0.2) is 4.79 Å². The molecular formula is C13H15NO3. The first-order valence-corrected chi connectivity index (χ1v) is 5.68. The first kappa shape index (κ1) is 11.6. The summed E-state index contributed by atoms with van der Waals surface area (Å²) in [6.07, 6.45) is 1.17.